The normalized spacial score (nSPS) is 16.9. The molecule has 1 rings (SSSR count). The highest BCUT2D eigenvalue weighted by atomic mass is 16.5. The number of methoxy groups -OCH3 is 1. The van der Waals surface area contributed by atoms with E-state index in [0.29, 0.717) is 19.4 Å². The fraction of sp³-hybridized carbons (Fsp3) is 0.833. The molecule has 1 aliphatic heterocycles. The molecular weight excluding hydrogens is 220 g/mol. The van der Waals surface area contributed by atoms with Crippen molar-refractivity contribution in [1.82, 2.24) is 10.2 Å². The number of likely N-dealkylation sites (tertiary alicyclic amines) is 1. The number of nitrogens with one attached hydrogen (secondary N) is 1. The van der Waals surface area contributed by atoms with Gasteiger partial charge in [-0.05, 0) is 12.8 Å². The maximum Gasteiger partial charge on any atom is 0.222 e. The summed E-state index contributed by atoms with van der Waals surface area (Å²) in [5, 5.41) is 2.97. The van der Waals surface area contributed by atoms with Gasteiger partial charge in [-0.15, -0.1) is 0 Å². The Balaban J connectivity index is 2.23. The van der Waals surface area contributed by atoms with E-state index in [2.05, 4.69) is 5.32 Å². The van der Waals surface area contributed by atoms with Crippen molar-refractivity contribution in [2.75, 3.05) is 26.8 Å². The Hall–Kier alpha value is -1.10. The van der Waals surface area contributed by atoms with E-state index in [4.69, 9.17) is 4.74 Å². The number of hydrogen-bond acceptors (Lipinski definition) is 3. The molecule has 1 aliphatic rings. The minimum Gasteiger partial charge on any atom is -0.384 e. The molecule has 2 amide bonds. The summed E-state index contributed by atoms with van der Waals surface area (Å²) in [7, 11) is 1.59. The maximum atomic E-state index is 11.5. The second-order valence-corrected chi connectivity index (χ2v) is 4.32. The number of ether oxygens (including phenoxy) is 1. The quantitative estimate of drug-likeness (QED) is 0.765. The molecule has 1 N–H and O–H groups in total. The molecule has 0 unspecified atom stereocenters. The summed E-state index contributed by atoms with van der Waals surface area (Å²) < 4.78 is 4.85. The molecule has 98 valence electrons. The molecule has 17 heavy (non-hydrogen) atoms. The number of piperidine rings is 1. The summed E-state index contributed by atoms with van der Waals surface area (Å²) in [6, 6.07) is 0.209. The van der Waals surface area contributed by atoms with E-state index in [1.165, 1.54) is 0 Å². The number of carbonyl (C=O) groups is 2. The first kappa shape index (κ1) is 14.0. The van der Waals surface area contributed by atoms with Gasteiger partial charge in [0.1, 0.15) is 0 Å². The smallest absolute Gasteiger partial charge is 0.222 e. The van der Waals surface area contributed by atoms with E-state index in [0.717, 1.165) is 25.9 Å². The molecule has 0 saturated carbocycles. The third-order valence-electron chi connectivity index (χ3n) is 3.05. The zero-order valence-corrected chi connectivity index (χ0v) is 10.7. The number of carbonyl (C=O) groups excluding carboxylic acids is 2. The van der Waals surface area contributed by atoms with Gasteiger partial charge >= 0.3 is 0 Å². The highest BCUT2D eigenvalue weighted by molar-refractivity contribution is 5.77. The molecule has 0 aromatic carbocycles. The topological polar surface area (TPSA) is 58.6 Å². The van der Waals surface area contributed by atoms with Crippen LogP contribution in [0.4, 0.5) is 0 Å². The van der Waals surface area contributed by atoms with Crippen molar-refractivity contribution >= 4 is 11.8 Å². The first-order valence-corrected chi connectivity index (χ1v) is 6.23. The highest BCUT2D eigenvalue weighted by Crippen LogP contribution is 2.11. The zero-order chi connectivity index (χ0) is 12.7. The largest absolute Gasteiger partial charge is 0.384 e. The third kappa shape index (κ3) is 4.73. The number of nitrogens with zero attached hydrogens (tertiary/aromatic N) is 1. The number of rotatable bonds is 5. The lowest BCUT2D eigenvalue weighted by Crippen LogP contribution is -2.46. The first-order valence-electron chi connectivity index (χ1n) is 6.23. The molecule has 0 atom stereocenters. The van der Waals surface area contributed by atoms with E-state index in [1.807, 2.05) is 11.8 Å². The van der Waals surface area contributed by atoms with Crippen LogP contribution in [0.15, 0.2) is 0 Å². The Morgan fingerprint density at radius 2 is 2.00 bits per heavy atom. The molecule has 0 aliphatic carbocycles. The molecule has 0 aromatic rings. The molecule has 5 heteroatoms. The van der Waals surface area contributed by atoms with Crippen molar-refractivity contribution in [2.24, 2.45) is 0 Å². The van der Waals surface area contributed by atoms with Crippen LogP contribution in [0.2, 0.25) is 0 Å². The van der Waals surface area contributed by atoms with Gasteiger partial charge in [0.2, 0.25) is 11.8 Å². The van der Waals surface area contributed by atoms with Crippen LogP contribution in [-0.2, 0) is 14.3 Å². The van der Waals surface area contributed by atoms with Crippen molar-refractivity contribution < 1.29 is 14.3 Å². The molecule has 0 radical (unpaired) electrons. The van der Waals surface area contributed by atoms with Crippen molar-refractivity contribution in [1.29, 1.82) is 0 Å². The van der Waals surface area contributed by atoms with E-state index in [9.17, 15) is 9.59 Å². The molecule has 0 aromatic heterocycles. The fourth-order valence-electron chi connectivity index (χ4n) is 1.99. The van der Waals surface area contributed by atoms with Crippen LogP contribution in [0.3, 0.4) is 0 Å². The van der Waals surface area contributed by atoms with Crippen LogP contribution in [0.25, 0.3) is 0 Å². The van der Waals surface area contributed by atoms with Crippen molar-refractivity contribution in [2.45, 2.75) is 38.6 Å². The predicted octanol–water partition coefficient (Wildman–Crippen LogP) is 0.540. The second-order valence-electron chi connectivity index (χ2n) is 4.32. The lowest BCUT2D eigenvalue weighted by molar-refractivity contribution is -0.132. The molecule has 0 spiro atoms. The maximum absolute atomic E-state index is 11.5. The molecule has 5 nitrogen and oxygen atoms in total. The van der Waals surface area contributed by atoms with Crippen molar-refractivity contribution in [3.63, 3.8) is 0 Å². The minimum atomic E-state index is 0.0344. The monoisotopic (exact) mass is 242 g/mol. The lowest BCUT2D eigenvalue weighted by atomic mass is 10.0. The Kier molecular flexibility index (Phi) is 5.97. The molecular formula is C12H22N2O3. The summed E-state index contributed by atoms with van der Waals surface area (Å²) in [6.45, 7) is 3.84. The van der Waals surface area contributed by atoms with Crippen LogP contribution in [0.1, 0.15) is 32.6 Å². The van der Waals surface area contributed by atoms with Crippen LogP contribution < -0.4 is 5.32 Å². The van der Waals surface area contributed by atoms with Crippen molar-refractivity contribution in [3.8, 4) is 0 Å². The number of amides is 2. The predicted molar refractivity (Wildman–Crippen MR) is 64.5 cm³/mol. The van der Waals surface area contributed by atoms with Gasteiger partial charge in [0, 0.05) is 39.1 Å². The highest BCUT2D eigenvalue weighted by Gasteiger charge is 2.22. The third-order valence-corrected chi connectivity index (χ3v) is 3.05. The van der Waals surface area contributed by atoms with Gasteiger partial charge in [0.25, 0.3) is 0 Å². The summed E-state index contributed by atoms with van der Waals surface area (Å²) in [5.41, 5.74) is 0. The van der Waals surface area contributed by atoms with Crippen LogP contribution in [-0.4, -0.2) is 49.6 Å². The minimum absolute atomic E-state index is 0.0344. The lowest BCUT2D eigenvalue weighted by Gasteiger charge is -2.32. The summed E-state index contributed by atoms with van der Waals surface area (Å²) in [4.78, 5) is 24.8. The summed E-state index contributed by atoms with van der Waals surface area (Å²) >= 11 is 0. The Bertz CT molecular complexity index is 260. The Labute approximate surface area is 102 Å². The van der Waals surface area contributed by atoms with Gasteiger partial charge in [-0.2, -0.15) is 0 Å². The average Bonchev–Trinajstić information content (AvgIpc) is 2.36. The Morgan fingerprint density at radius 1 is 1.35 bits per heavy atom. The van der Waals surface area contributed by atoms with Crippen LogP contribution >= 0.6 is 0 Å². The molecule has 1 heterocycles. The van der Waals surface area contributed by atoms with Crippen LogP contribution in [0.5, 0.6) is 0 Å². The molecule has 1 saturated heterocycles. The molecule has 0 bridgehead atoms. The Morgan fingerprint density at radius 3 is 2.53 bits per heavy atom. The van der Waals surface area contributed by atoms with Crippen molar-refractivity contribution in [3.05, 3.63) is 0 Å². The second kappa shape index (κ2) is 7.27. The fourth-order valence-corrected chi connectivity index (χ4v) is 1.99. The van der Waals surface area contributed by atoms with E-state index < -0.39 is 0 Å². The van der Waals surface area contributed by atoms with Gasteiger partial charge in [0.05, 0.1) is 6.61 Å². The van der Waals surface area contributed by atoms with E-state index in [-0.39, 0.29) is 17.9 Å². The standard InChI is InChI=1S/C12H22N2O3/c1-3-12(16)14-7-4-10(5-8-14)13-11(15)6-9-17-2/h10H,3-9H2,1-2H3,(H,13,15). The van der Waals surface area contributed by atoms with Gasteiger partial charge in [-0.1, -0.05) is 6.92 Å². The van der Waals surface area contributed by atoms with Gasteiger partial charge < -0.3 is 15.0 Å². The first-order chi connectivity index (χ1) is 8.17. The zero-order valence-electron chi connectivity index (χ0n) is 10.7. The van der Waals surface area contributed by atoms with Gasteiger partial charge in [-0.25, -0.2) is 0 Å². The van der Waals surface area contributed by atoms with Crippen LogP contribution in [0, 0.1) is 0 Å². The SMILES string of the molecule is CCC(=O)N1CCC(NC(=O)CCOC)CC1. The van der Waals surface area contributed by atoms with E-state index >= 15 is 0 Å². The number of hydrogen-bond donors (Lipinski definition) is 1. The van der Waals surface area contributed by atoms with Gasteiger partial charge in [0.15, 0.2) is 0 Å². The van der Waals surface area contributed by atoms with Gasteiger partial charge in [-0.3, -0.25) is 9.59 Å². The molecule has 1 fully saturated rings. The average molecular weight is 242 g/mol. The van der Waals surface area contributed by atoms with E-state index in [1.54, 1.807) is 7.11 Å². The summed E-state index contributed by atoms with van der Waals surface area (Å²) in [5.74, 6) is 0.237. The summed E-state index contributed by atoms with van der Waals surface area (Å²) in [6.07, 6.45) is 2.67.